The number of amides is 1. The van der Waals surface area contributed by atoms with E-state index in [1.54, 1.807) is 5.51 Å². The fourth-order valence-electron chi connectivity index (χ4n) is 1.45. The second-order valence-electron chi connectivity index (χ2n) is 3.65. The summed E-state index contributed by atoms with van der Waals surface area (Å²) in [5.41, 5.74) is 2.67. The van der Waals surface area contributed by atoms with Crippen LogP contribution in [0.4, 0.5) is 4.39 Å². The van der Waals surface area contributed by atoms with Crippen molar-refractivity contribution in [1.82, 2.24) is 10.3 Å². The molecule has 2 rings (SSSR count). The molecule has 0 bridgehead atoms. The zero-order valence-corrected chi connectivity index (χ0v) is 11.1. The molecule has 0 radical (unpaired) electrons. The number of thiol groups is 1. The molecule has 1 aromatic heterocycles. The van der Waals surface area contributed by atoms with E-state index in [0.717, 1.165) is 5.69 Å². The lowest BCUT2D eigenvalue weighted by atomic mass is 10.2. The molecule has 1 heterocycles. The standard InChI is InChI=1S/C12H11FN2OS2/c13-11-2-1-9(17)5-10(11)12(16)14-4-3-8-6-18-7-15-8/h1-2,5-7,17H,3-4H2,(H,14,16). The first-order chi connectivity index (χ1) is 8.66. The minimum Gasteiger partial charge on any atom is -0.352 e. The molecule has 3 nitrogen and oxygen atoms in total. The lowest BCUT2D eigenvalue weighted by Crippen LogP contribution is -2.26. The molecule has 0 aliphatic carbocycles. The van der Waals surface area contributed by atoms with Crippen LogP contribution in [0.5, 0.6) is 0 Å². The molecule has 6 heteroatoms. The Morgan fingerprint density at radius 2 is 2.33 bits per heavy atom. The maximum Gasteiger partial charge on any atom is 0.254 e. The van der Waals surface area contributed by atoms with Crippen LogP contribution < -0.4 is 5.32 Å². The molecule has 0 saturated carbocycles. The maximum absolute atomic E-state index is 13.4. The fourth-order valence-corrected chi connectivity index (χ4v) is 2.24. The van der Waals surface area contributed by atoms with Crippen molar-refractivity contribution in [2.45, 2.75) is 11.3 Å². The molecule has 0 atom stereocenters. The number of nitrogens with zero attached hydrogens (tertiary/aromatic N) is 1. The van der Waals surface area contributed by atoms with Gasteiger partial charge >= 0.3 is 0 Å². The summed E-state index contributed by atoms with van der Waals surface area (Å²) in [5, 5.41) is 4.57. The third-order valence-electron chi connectivity index (χ3n) is 2.34. The third kappa shape index (κ3) is 3.30. The SMILES string of the molecule is O=C(NCCc1cscn1)c1cc(S)ccc1F. The van der Waals surface area contributed by atoms with Gasteiger partial charge in [0.05, 0.1) is 16.8 Å². The van der Waals surface area contributed by atoms with E-state index >= 15 is 0 Å². The molecular formula is C12H11FN2OS2. The summed E-state index contributed by atoms with van der Waals surface area (Å²) in [4.78, 5) is 16.4. The Hall–Kier alpha value is -1.40. The van der Waals surface area contributed by atoms with Crippen molar-refractivity contribution in [3.8, 4) is 0 Å². The molecule has 1 aromatic carbocycles. The van der Waals surface area contributed by atoms with Crippen molar-refractivity contribution in [2.24, 2.45) is 0 Å². The number of rotatable bonds is 4. The van der Waals surface area contributed by atoms with Gasteiger partial charge in [0.1, 0.15) is 5.82 Å². The topological polar surface area (TPSA) is 42.0 Å². The van der Waals surface area contributed by atoms with Crippen LogP contribution in [0.2, 0.25) is 0 Å². The van der Waals surface area contributed by atoms with Gasteiger partial charge < -0.3 is 5.32 Å². The Bertz CT molecular complexity index is 543. The highest BCUT2D eigenvalue weighted by Gasteiger charge is 2.11. The highest BCUT2D eigenvalue weighted by atomic mass is 32.1. The van der Waals surface area contributed by atoms with Crippen LogP contribution in [0.3, 0.4) is 0 Å². The highest BCUT2D eigenvalue weighted by Crippen LogP contribution is 2.13. The number of carbonyl (C=O) groups excluding carboxylic acids is 1. The molecule has 0 fully saturated rings. The fraction of sp³-hybridized carbons (Fsp3) is 0.167. The van der Waals surface area contributed by atoms with Crippen LogP contribution >= 0.6 is 24.0 Å². The summed E-state index contributed by atoms with van der Waals surface area (Å²) in [5.74, 6) is -0.974. The summed E-state index contributed by atoms with van der Waals surface area (Å²) in [7, 11) is 0. The van der Waals surface area contributed by atoms with Gasteiger partial charge in [-0.1, -0.05) is 0 Å². The zero-order valence-electron chi connectivity index (χ0n) is 9.39. The van der Waals surface area contributed by atoms with E-state index in [4.69, 9.17) is 0 Å². The number of halogens is 1. The van der Waals surface area contributed by atoms with Crippen LogP contribution in [0, 0.1) is 5.82 Å². The molecule has 0 saturated heterocycles. The van der Waals surface area contributed by atoms with E-state index in [1.807, 2.05) is 5.38 Å². The van der Waals surface area contributed by atoms with Crippen molar-refractivity contribution in [3.05, 3.63) is 46.2 Å². The predicted molar refractivity (Wildman–Crippen MR) is 71.8 cm³/mol. The molecule has 1 amide bonds. The summed E-state index contributed by atoms with van der Waals surface area (Å²) < 4.78 is 13.4. The number of thiazole rings is 1. The van der Waals surface area contributed by atoms with Gasteiger partial charge in [0.15, 0.2) is 0 Å². The molecule has 0 spiro atoms. The van der Waals surface area contributed by atoms with Crippen LogP contribution in [-0.2, 0) is 6.42 Å². The monoisotopic (exact) mass is 282 g/mol. The lowest BCUT2D eigenvalue weighted by Gasteiger charge is -2.05. The third-order valence-corrected chi connectivity index (χ3v) is 3.26. The van der Waals surface area contributed by atoms with E-state index < -0.39 is 11.7 Å². The summed E-state index contributed by atoms with van der Waals surface area (Å²) in [6.07, 6.45) is 0.636. The van der Waals surface area contributed by atoms with Crippen LogP contribution in [0.1, 0.15) is 16.1 Å². The molecule has 18 heavy (non-hydrogen) atoms. The molecule has 0 aliphatic heterocycles. The van der Waals surface area contributed by atoms with Gasteiger partial charge in [0, 0.05) is 23.2 Å². The smallest absolute Gasteiger partial charge is 0.254 e. The number of benzene rings is 1. The predicted octanol–water partition coefficient (Wildman–Crippen LogP) is 2.54. The summed E-state index contributed by atoms with van der Waals surface area (Å²) in [6.45, 7) is 0.429. The minimum atomic E-state index is -0.543. The Balaban J connectivity index is 1.93. The van der Waals surface area contributed by atoms with Gasteiger partial charge in [-0.2, -0.15) is 0 Å². The Labute approximate surface area is 113 Å². The van der Waals surface area contributed by atoms with E-state index in [2.05, 4.69) is 22.9 Å². The summed E-state index contributed by atoms with van der Waals surface area (Å²) in [6, 6.07) is 4.15. The van der Waals surface area contributed by atoms with Crippen molar-refractivity contribution >= 4 is 29.9 Å². The van der Waals surface area contributed by atoms with Gasteiger partial charge in [-0.3, -0.25) is 4.79 Å². The van der Waals surface area contributed by atoms with Gasteiger partial charge in [0.25, 0.3) is 5.91 Å². The molecule has 94 valence electrons. The normalized spacial score (nSPS) is 10.3. The number of carbonyl (C=O) groups is 1. The molecule has 1 N–H and O–H groups in total. The van der Waals surface area contributed by atoms with Gasteiger partial charge in [-0.15, -0.1) is 24.0 Å². The zero-order chi connectivity index (χ0) is 13.0. The van der Waals surface area contributed by atoms with Gasteiger partial charge in [-0.05, 0) is 18.2 Å². The van der Waals surface area contributed by atoms with E-state index in [1.165, 1.54) is 29.5 Å². The van der Waals surface area contributed by atoms with Crippen molar-refractivity contribution in [3.63, 3.8) is 0 Å². The molecular weight excluding hydrogens is 271 g/mol. The Morgan fingerprint density at radius 3 is 3.06 bits per heavy atom. The Kier molecular flexibility index (Phi) is 4.33. The molecule has 0 unspecified atom stereocenters. The van der Waals surface area contributed by atoms with Crippen LogP contribution in [-0.4, -0.2) is 17.4 Å². The largest absolute Gasteiger partial charge is 0.352 e. The first-order valence-corrected chi connectivity index (χ1v) is 6.69. The molecule has 0 aliphatic rings. The highest BCUT2D eigenvalue weighted by molar-refractivity contribution is 7.80. The van der Waals surface area contributed by atoms with Crippen LogP contribution in [0.25, 0.3) is 0 Å². The van der Waals surface area contributed by atoms with E-state index in [0.29, 0.717) is 17.9 Å². The first kappa shape index (κ1) is 13.0. The Morgan fingerprint density at radius 1 is 1.50 bits per heavy atom. The number of aromatic nitrogens is 1. The first-order valence-electron chi connectivity index (χ1n) is 5.30. The maximum atomic E-state index is 13.4. The second-order valence-corrected chi connectivity index (χ2v) is 4.88. The summed E-state index contributed by atoms with van der Waals surface area (Å²) >= 11 is 5.59. The number of hydrogen-bond acceptors (Lipinski definition) is 4. The molecule has 2 aromatic rings. The number of nitrogens with one attached hydrogen (secondary N) is 1. The average molecular weight is 282 g/mol. The van der Waals surface area contributed by atoms with Gasteiger partial charge in [-0.25, -0.2) is 9.37 Å². The quantitative estimate of drug-likeness (QED) is 0.846. The lowest BCUT2D eigenvalue weighted by molar-refractivity contribution is 0.0950. The second kappa shape index (κ2) is 5.97. The minimum absolute atomic E-state index is 0.0146. The van der Waals surface area contributed by atoms with Crippen molar-refractivity contribution in [2.75, 3.05) is 6.54 Å². The average Bonchev–Trinajstić information content (AvgIpc) is 2.85. The van der Waals surface area contributed by atoms with Crippen molar-refractivity contribution in [1.29, 1.82) is 0 Å². The van der Waals surface area contributed by atoms with Crippen LogP contribution in [0.15, 0.2) is 34.0 Å². The van der Waals surface area contributed by atoms with E-state index in [-0.39, 0.29) is 5.56 Å². The van der Waals surface area contributed by atoms with Gasteiger partial charge in [0.2, 0.25) is 0 Å². The number of hydrogen-bond donors (Lipinski definition) is 2. The van der Waals surface area contributed by atoms with Crippen molar-refractivity contribution < 1.29 is 9.18 Å². The van der Waals surface area contributed by atoms with E-state index in [9.17, 15) is 9.18 Å².